The number of hydrogen-bond donors (Lipinski definition) is 2. The van der Waals surface area contributed by atoms with E-state index in [1.807, 2.05) is 0 Å². The third kappa shape index (κ3) is 5.54. The fourth-order valence-electron chi connectivity index (χ4n) is 1.14. The van der Waals surface area contributed by atoms with Gasteiger partial charge in [0.15, 0.2) is 0 Å². The Hall–Kier alpha value is -0.160. The van der Waals surface area contributed by atoms with Crippen LogP contribution < -0.4 is 5.32 Å². The summed E-state index contributed by atoms with van der Waals surface area (Å²) in [6, 6.07) is 0.625. The standard InChI is InChI=1S/C10H21NO3/c1-10(12,7-11-9-3-4-9)8-14-6-5-13-2/h9,11-12H,3-8H2,1-2H3. The van der Waals surface area contributed by atoms with Gasteiger partial charge in [0.2, 0.25) is 0 Å². The maximum Gasteiger partial charge on any atom is 0.0975 e. The SMILES string of the molecule is COCCOCC(C)(O)CNC1CC1. The number of aliphatic hydroxyl groups is 1. The molecule has 4 heteroatoms. The Balaban J connectivity index is 1.99. The molecule has 0 amide bonds. The van der Waals surface area contributed by atoms with Crippen LogP contribution in [0.25, 0.3) is 0 Å². The molecular formula is C10H21NO3. The van der Waals surface area contributed by atoms with Gasteiger partial charge in [-0.3, -0.25) is 0 Å². The summed E-state index contributed by atoms with van der Waals surface area (Å²) in [7, 11) is 1.64. The molecule has 0 aliphatic heterocycles. The Morgan fingerprint density at radius 1 is 1.43 bits per heavy atom. The number of nitrogens with one attached hydrogen (secondary N) is 1. The van der Waals surface area contributed by atoms with Crippen LogP contribution in [0.3, 0.4) is 0 Å². The lowest BCUT2D eigenvalue weighted by molar-refractivity contribution is -0.0428. The van der Waals surface area contributed by atoms with E-state index >= 15 is 0 Å². The molecule has 0 radical (unpaired) electrons. The van der Waals surface area contributed by atoms with Crippen LogP contribution in [0.1, 0.15) is 19.8 Å². The minimum absolute atomic E-state index is 0.357. The first-order valence-electron chi connectivity index (χ1n) is 5.16. The van der Waals surface area contributed by atoms with Gasteiger partial charge in [0, 0.05) is 19.7 Å². The second kappa shape index (κ2) is 5.66. The molecule has 84 valence electrons. The zero-order chi connectivity index (χ0) is 10.4. The topological polar surface area (TPSA) is 50.7 Å². The minimum atomic E-state index is -0.768. The summed E-state index contributed by atoms with van der Waals surface area (Å²) in [5, 5.41) is 13.1. The van der Waals surface area contributed by atoms with Gasteiger partial charge in [0.25, 0.3) is 0 Å². The molecule has 0 spiro atoms. The van der Waals surface area contributed by atoms with E-state index in [0.717, 1.165) is 0 Å². The lowest BCUT2D eigenvalue weighted by Gasteiger charge is -2.23. The first-order chi connectivity index (χ1) is 6.64. The smallest absolute Gasteiger partial charge is 0.0975 e. The van der Waals surface area contributed by atoms with Crippen LogP contribution >= 0.6 is 0 Å². The molecule has 0 bridgehead atoms. The number of ether oxygens (including phenoxy) is 2. The van der Waals surface area contributed by atoms with E-state index in [1.54, 1.807) is 14.0 Å². The Kier molecular flexibility index (Phi) is 4.81. The Bertz CT molecular complexity index is 157. The molecule has 1 atom stereocenters. The largest absolute Gasteiger partial charge is 0.386 e. The van der Waals surface area contributed by atoms with Gasteiger partial charge in [-0.1, -0.05) is 0 Å². The van der Waals surface area contributed by atoms with Crippen LogP contribution in [0, 0.1) is 0 Å². The monoisotopic (exact) mass is 203 g/mol. The average molecular weight is 203 g/mol. The highest BCUT2D eigenvalue weighted by atomic mass is 16.5. The van der Waals surface area contributed by atoms with E-state index < -0.39 is 5.60 Å². The highest BCUT2D eigenvalue weighted by Gasteiger charge is 2.26. The molecule has 0 aromatic heterocycles. The second-order valence-electron chi connectivity index (χ2n) is 4.20. The maximum absolute atomic E-state index is 9.86. The Morgan fingerprint density at radius 2 is 2.14 bits per heavy atom. The van der Waals surface area contributed by atoms with Gasteiger partial charge in [-0.25, -0.2) is 0 Å². The maximum atomic E-state index is 9.86. The number of hydrogen-bond acceptors (Lipinski definition) is 4. The van der Waals surface area contributed by atoms with E-state index in [0.29, 0.717) is 32.4 Å². The minimum Gasteiger partial charge on any atom is -0.386 e. The highest BCUT2D eigenvalue weighted by molar-refractivity contribution is 4.85. The van der Waals surface area contributed by atoms with Gasteiger partial charge < -0.3 is 19.9 Å². The molecule has 2 N–H and O–H groups in total. The van der Waals surface area contributed by atoms with Gasteiger partial charge in [-0.2, -0.15) is 0 Å². The van der Waals surface area contributed by atoms with Crippen LogP contribution in [-0.4, -0.2) is 50.2 Å². The van der Waals surface area contributed by atoms with Crippen LogP contribution in [0.2, 0.25) is 0 Å². The van der Waals surface area contributed by atoms with Gasteiger partial charge in [-0.05, 0) is 19.8 Å². The van der Waals surface area contributed by atoms with Crippen molar-refractivity contribution in [3.63, 3.8) is 0 Å². The van der Waals surface area contributed by atoms with Gasteiger partial charge >= 0.3 is 0 Å². The molecule has 1 rings (SSSR count). The van der Waals surface area contributed by atoms with E-state index in [4.69, 9.17) is 9.47 Å². The fourth-order valence-corrected chi connectivity index (χ4v) is 1.14. The molecule has 1 fully saturated rings. The Labute approximate surface area is 85.6 Å². The molecule has 0 saturated heterocycles. The van der Waals surface area contributed by atoms with Gasteiger partial charge in [0.1, 0.15) is 0 Å². The van der Waals surface area contributed by atoms with Crippen molar-refractivity contribution in [3.8, 4) is 0 Å². The molecule has 4 nitrogen and oxygen atoms in total. The van der Waals surface area contributed by atoms with E-state index in [1.165, 1.54) is 12.8 Å². The van der Waals surface area contributed by atoms with Crippen LogP contribution in [0.15, 0.2) is 0 Å². The second-order valence-corrected chi connectivity index (χ2v) is 4.20. The molecule has 0 aromatic rings. The third-order valence-corrected chi connectivity index (χ3v) is 2.19. The average Bonchev–Trinajstić information content (AvgIpc) is 2.93. The molecule has 14 heavy (non-hydrogen) atoms. The predicted octanol–water partition coefficient (Wildman–Crippen LogP) is 0.152. The van der Waals surface area contributed by atoms with Crippen molar-refractivity contribution < 1.29 is 14.6 Å². The predicted molar refractivity (Wildman–Crippen MR) is 54.3 cm³/mol. The molecule has 1 saturated carbocycles. The van der Waals surface area contributed by atoms with Crippen molar-refractivity contribution in [2.75, 3.05) is 33.5 Å². The van der Waals surface area contributed by atoms with Crippen molar-refractivity contribution in [1.82, 2.24) is 5.32 Å². The van der Waals surface area contributed by atoms with Crippen LogP contribution in [-0.2, 0) is 9.47 Å². The van der Waals surface area contributed by atoms with Crippen molar-refractivity contribution in [2.24, 2.45) is 0 Å². The van der Waals surface area contributed by atoms with Crippen molar-refractivity contribution in [1.29, 1.82) is 0 Å². The number of methoxy groups -OCH3 is 1. The molecule has 1 aliphatic carbocycles. The molecular weight excluding hydrogens is 182 g/mol. The summed E-state index contributed by atoms with van der Waals surface area (Å²) in [5.74, 6) is 0. The molecule has 1 aliphatic rings. The van der Waals surface area contributed by atoms with Crippen molar-refractivity contribution >= 4 is 0 Å². The lowest BCUT2D eigenvalue weighted by atomic mass is 10.1. The first kappa shape index (κ1) is 11.9. The van der Waals surface area contributed by atoms with E-state index in [9.17, 15) is 5.11 Å². The Morgan fingerprint density at radius 3 is 2.71 bits per heavy atom. The van der Waals surface area contributed by atoms with Gasteiger partial charge in [0.05, 0.1) is 25.4 Å². The molecule has 1 unspecified atom stereocenters. The van der Waals surface area contributed by atoms with E-state index in [2.05, 4.69) is 5.32 Å². The zero-order valence-electron chi connectivity index (χ0n) is 9.08. The first-order valence-corrected chi connectivity index (χ1v) is 5.16. The number of rotatable bonds is 8. The lowest BCUT2D eigenvalue weighted by Crippen LogP contribution is -2.42. The zero-order valence-corrected chi connectivity index (χ0v) is 9.08. The quantitative estimate of drug-likeness (QED) is 0.551. The fraction of sp³-hybridized carbons (Fsp3) is 1.00. The van der Waals surface area contributed by atoms with E-state index in [-0.39, 0.29) is 0 Å². The third-order valence-electron chi connectivity index (χ3n) is 2.19. The van der Waals surface area contributed by atoms with Crippen LogP contribution in [0.5, 0.6) is 0 Å². The summed E-state index contributed by atoms with van der Waals surface area (Å²) in [6.07, 6.45) is 2.47. The van der Waals surface area contributed by atoms with Crippen LogP contribution in [0.4, 0.5) is 0 Å². The van der Waals surface area contributed by atoms with Crippen molar-refractivity contribution in [3.05, 3.63) is 0 Å². The molecule has 0 heterocycles. The summed E-state index contributed by atoms with van der Waals surface area (Å²) in [5.41, 5.74) is -0.768. The summed E-state index contributed by atoms with van der Waals surface area (Å²) in [4.78, 5) is 0. The summed E-state index contributed by atoms with van der Waals surface area (Å²) < 4.78 is 10.1. The highest BCUT2D eigenvalue weighted by Crippen LogP contribution is 2.19. The van der Waals surface area contributed by atoms with Crippen molar-refractivity contribution in [2.45, 2.75) is 31.4 Å². The summed E-state index contributed by atoms with van der Waals surface area (Å²) in [6.45, 7) is 3.86. The van der Waals surface area contributed by atoms with Gasteiger partial charge in [-0.15, -0.1) is 0 Å². The summed E-state index contributed by atoms with van der Waals surface area (Å²) >= 11 is 0. The normalized spacial score (nSPS) is 20.8. The molecule has 0 aromatic carbocycles.